The van der Waals surface area contributed by atoms with E-state index in [0.29, 0.717) is 6.01 Å². The van der Waals surface area contributed by atoms with Crippen molar-refractivity contribution in [3.8, 4) is 6.01 Å². The molecule has 3 rings (SSSR count). The molecular formula is C15H19N5O. The van der Waals surface area contributed by atoms with Gasteiger partial charge in [0, 0.05) is 50.7 Å². The van der Waals surface area contributed by atoms with Crippen LogP contribution < -0.4 is 9.64 Å². The van der Waals surface area contributed by atoms with Crippen LogP contribution in [0.25, 0.3) is 0 Å². The summed E-state index contributed by atoms with van der Waals surface area (Å²) in [4.78, 5) is 19.2. The highest BCUT2D eigenvalue weighted by molar-refractivity contribution is 5.29. The summed E-state index contributed by atoms with van der Waals surface area (Å²) < 4.78 is 5.85. The van der Waals surface area contributed by atoms with E-state index in [4.69, 9.17) is 4.74 Å². The van der Waals surface area contributed by atoms with Crippen LogP contribution in [0.1, 0.15) is 25.3 Å². The van der Waals surface area contributed by atoms with Gasteiger partial charge in [0.15, 0.2) is 0 Å². The van der Waals surface area contributed by atoms with Crippen LogP contribution in [0.5, 0.6) is 6.01 Å². The van der Waals surface area contributed by atoms with Gasteiger partial charge in [-0.1, -0.05) is 6.92 Å². The van der Waals surface area contributed by atoms with E-state index in [0.717, 1.165) is 43.9 Å². The molecule has 0 unspecified atom stereocenters. The predicted molar refractivity (Wildman–Crippen MR) is 79.3 cm³/mol. The minimum Gasteiger partial charge on any atom is -0.460 e. The van der Waals surface area contributed by atoms with Crippen LogP contribution in [0.15, 0.2) is 30.9 Å². The van der Waals surface area contributed by atoms with Crippen LogP contribution in [0.4, 0.5) is 5.95 Å². The number of aromatic nitrogens is 4. The van der Waals surface area contributed by atoms with Crippen LogP contribution >= 0.6 is 0 Å². The Morgan fingerprint density at radius 2 is 1.76 bits per heavy atom. The Morgan fingerprint density at radius 1 is 1.10 bits per heavy atom. The fourth-order valence-electron chi connectivity index (χ4n) is 2.36. The molecule has 2 aromatic rings. The van der Waals surface area contributed by atoms with Gasteiger partial charge in [0.1, 0.15) is 6.10 Å². The number of nitrogens with zero attached hydrogens (tertiary/aromatic N) is 5. The molecule has 0 amide bonds. The van der Waals surface area contributed by atoms with E-state index < -0.39 is 0 Å². The standard InChI is InChI=1S/C15H19N5O/c1-2-12-10-18-15(19-11-12)21-13-4-8-20(9-5-13)14-16-6-3-7-17-14/h3,6-7,10-11,13H,2,4-5,8-9H2,1H3. The van der Waals surface area contributed by atoms with E-state index in [-0.39, 0.29) is 6.10 Å². The Kier molecular flexibility index (Phi) is 4.23. The van der Waals surface area contributed by atoms with E-state index in [9.17, 15) is 0 Å². The largest absolute Gasteiger partial charge is 0.460 e. The molecule has 0 spiro atoms. The third-order valence-electron chi connectivity index (χ3n) is 3.64. The van der Waals surface area contributed by atoms with Crippen molar-refractivity contribution >= 4 is 5.95 Å². The van der Waals surface area contributed by atoms with Gasteiger partial charge in [0.05, 0.1) is 0 Å². The molecule has 6 heteroatoms. The first-order chi connectivity index (χ1) is 10.3. The highest BCUT2D eigenvalue weighted by Gasteiger charge is 2.22. The van der Waals surface area contributed by atoms with Crippen molar-refractivity contribution in [1.82, 2.24) is 19.9 Å². The van der Waals surface area contributed by atoms with Gasteiger partial charge in [-0.3, -0.25) is 0 Å². The average molecular weight is 285 g/mol. The third kappa shape index (κ3) is 3.45. The molecule has 6 nitrogen and oxygen atoms in total. The van der Waals surface area contributed by atoms with Crippen LogP contribution in [-0.4, -0.2) is 39.1 Å². The zero-order valence-corrected chi connectivity index (χ0v) is 12.1. The summed E-state index contributed by atoms with van der Waals surface area (Å²) in [6.45, 7) is 3.87. The van der Waals surface area contributed by atoms with E-state index in [1.165, 1.54) is 0 Å². The van der Waals surface area contributed by atoms with Crippen molar-refractivity contribution in [3.63, 3.8) is 0 Å². The second-order valence-corrected chi connectivity index (χ2v) is 5.08. The Labute approximate surface area is 124 Å². The maximum absolute atomic E-state index is 5.85. The van der Waals surface area contributed by atoms with Gasteiger partial charge in [0.2, 0.25) is 5.95 Å². The van der Waals surface area contributed by atoms with Crippen molar-refractivity contribution in [1.29, 1.82) is 0 Å². The molecule has 2 aromatic heterocycles. The molecular weight excluding hydrogens is 266 g/mol. The first kappa shape index (κ1) is 13.7. The summed E-state index contributed by atoms with van der Waals surface area (Å²) in [6.07, 6.45) is 10.2. The quantitative estimate of drug-likeness (QED) is 0.854. The lowest BCUT2D eigenvalue weighted by Gasteiger charge is -2.31. The maximum atomic E-state index is 5.85. The summed E-state index contributed by atoms with van der Waals surface area (Å²) in [7, 11) is 0. The SMILES string of the molecule is CCc1cnc(OC2CCN(c3ncccn3)CC2)nc1. The van der Waals surface area contributed by atoms with Gasteiger partial charge in [-0.25, -0.2) is 19.9 Å². The van der Waals surface area contributed by atoms with Gasteiger partial charge in [0.25, 0.3) is 0 Å². The summed E-state index contributed by atoms with van der Waals surface area (Å²) in [5.41, 5.74) is 1.12. The van der Waals surface area contributed by atoms with Gasteiger partial charge in [-0.2, -0.15) is 0 Å². The van der Waals surface area contributed by atoms with Gasteiger partial charge in [-0.05, 0) is 18.1 Å². The summed E-state index contributed by atoms with van der Waals surface area (Å²) in [5, 5.41) is 0. The Balaban J connectivity index is 1.53. The Bertz CT molecular complexity index is 552. The minimum absolute atomic E-state index is 0.164. The molecule has 1 fully saturated rings. The van der Waals surface area contributed by atoms with Crippen LogP contribution in [-0.2, 0) is 6.42 Å². The van der Waals surface area contributed by atoms with Crippen LogP contribution in [0.3, 0.4) is 0 Å². The van der Waals surface area contributed by atoms with E-state index in [1.807, 2.05) is 18.5 Å². The second-order valence-electron chi connectivity index (χ2n) is 5.08. The number of hydrogen-bond acceptors (Lipinski definition) is 6. The Hall–Kier alpha value is -2.24. The molecule has 21 heavy (non-hydrogen) atoms. The summed E-state index contributed by atoms with van der Waals surface area (Å²) in [5.74, 6) is 0.791. The number of anilines is 1. The van der Waals surface area contributed by atoms with E-state index in [2.05, 4.69) is 31.8 Å². The number of ether oxygens (including phenoxy) is 1. The van der Waals surface area contributed by atoms with E-state index >= 15 is 0 Å². The van der Waals surface area contributed by atoms with Gasteiger partial charge >= 0.3 is 6.01 Å². The van der Waals surface area contributed by atoms with Gasteiger partial charge < -0.3 is 9.64 Å². The van der Waals surface area contributed by atoms with Crippen molar-refractivity contribution in [3.05, 3.63) is 36.4 Å². The second kappa shape index (κ2) is 6.47. The average Bonchev–Trinajstić information content (AvgIpc) is 2.57. The molecule has 1 aliphatic heterocycles. The number of aryl methyl sites for hydroxylation is 1. The lowest BCUT2D eigenvalue weighted by molar-refractivity contribution is 0.156. The first-order valence-electron chi connectivity index (χ1n) is 7.34. The number of hydrogen-bond donors (Lipinski definition) is 0. The fraction of sp³-hybridized carbons (Fsp3) is 0.467. The van der Waals surface area contributed by atoms with E-state index in [1.54, 1.807) is 12.4 Å². The Morgan fingerprint density at radius 3 is 2.38 bits per heavy atom. The van der Waals surface area contributed by atoms with Crippen LogP contribution in [0.2, 0.25) is 0 Å². The highest BCUT2D eigenvalue weighted by Crippen LogP contribution is 2.18. The molecule has 0 atom stereocenters. The number of rotatable bonds is 4. The zero-order chi connectivity index (χ0) is 14.5. The van der Waals surface area contributed by atoms with Crippen molar-refractivity contribution < 1.29 is 4.74 Å². The zero-order valence-electron chi connectivity index (χ0n) is 12.1. The van der Waals surface area contributed by atoms with Gasteiger partial charge in [-0.15, -0.1) is 0 Å². The molecule has 0 aromatic carbocycles. The molecule has 0 N–H and O–H groups in total. The lowest BCUT2D eigenvalue weighted by Crippen LogP contribution is -2.39. The first-order valence-corrected chi connectivity index (χ1v) is 7.34. The van der Waals surface area contributed by atoms with Crippen molar-refractivity contribution in [2.24, 2.45) is 0 Å². The molecule has 0 aliphatic carbocycles. The minimum atomic E-state index is 0.164. The van der Waals surface area contributed by atoms with Crippen LogP contribution in [0, 0.1) is 0 Å². The summed E-state index contributed by atoms with van der Waals surface area (Å²) >= 11 is 0. The molecule has 0 bridgehead atoms. The van der Waals surface area contributed by atoms with Crippen molar-refractivity contribution in [2.75, 3.05) is 18.0 Å². The molecule has 0 radical (unpaired) electrons. The number of piperidine rings is 1. The lowest BCUT2D eigenvalue weighted by atomic mass is 10.1. The fourth-order valence-corrected chi connectivity index (χ4v) is 2.36. The highest BCUT2D eigenvalue weighted by atomic mass is 16.5. The van der Waals surface area contributed by atoms with Crippen molar-refractivity contribution in [2.45, 2.75) is 32.3 Å². The molecule has 0 saturated carbocycles. The topological polar surface area (TPSA) is 64.0 Å². The maximum Gasteiger partial charge on any atom is 0.316 e. The molecule has 110 valence electrons. The predicted octanol–water partition coefficient (Wildman–Crippen LogP) is 1.88. The molecule has 1 saturated heterocycles. The monoisotopic (exact) mass is 285 g/mol. The molecule has 3 heterocycles. The molecule has 1 aliphatic rings. The normalized spacial score (nSPS) is 16.0. The third-order valence-corrected chi connectivity index (χ3v) is 3.64. The summed E-state index contributed by atoms with van der Waals surface area (Å²) in [6, 6.07) is 2.30. The smallest absolute Gasteiger partial charge is 0.316 e.